The first-order valence-electron chi connectivity index (χ1n) is 6.98. The van der Waals surface area contributed by atoms with Gasteiger partial charge >= 0.3 is 0 Å². The summed E-state index contributed by atoms with van der Waals surface area (Å²) < 4.78 is 0. The number of rotatable bonds is 4. The molecule has 0 saturated carbocycles. The zero-order chi connectivity index (χ0) is 15.2. The molecule has 0 atom stereocenters. The molecule has 0 bridgehead atoms. The number of nitrogens with two attached hydrogens (primary N) is 1. The summed E-state index contributed by atoms with van der Waals surface area (Å²) in [5, 5.41) is 3.09. The van der Waals surface area contributed by atoms with Crippen molar-refractivity contribution in [1.82, 2.24) is 9.97 Å². The van der Waals surface area contributed by atoms with Crippen molar-refractivity contribution >= 4 is 11.5 Å². The first-order chi connectivity index (χ1) is 10.8. The zero-order valence-corrected chi connectivity index (χ0v) is 12.0. The van der Waals surface area contributed by atoms with Gasteiger partial charge in [-0.05, 0) is 35.9 Å². The number of hydrogen-bond donors (Lipinski definition) is 2. The maximum absolute atomic E-state index is 6.14. The van der Waals surface area contributed by atoms with Crippen molar-refractivity contribution in [1.29, 1.82) is 0 Å². The summed E-state index contributed by atoms with van der Waals surface area (Å²) >= 11 is 0. The average molecular weight is 288 g/mol. The minimum Gasteiger partial charge on any atom is -0.397 e. The van der Waals surface area contributed by atoms with Gasteiger partial charge < -0.3 is 11.1 Å². The van der Waals surface area contributed by atoms with Crippen LogP contribution in [0, 0.1) is 0 Å². The molecule has 4 heteroatoms. The van der Waals surface area contributed by atoms with Gasteiger partial charge in [0.05, 0.1) is 11.4 Å². The van der Waals surface area contributed by atoms with Gasteiger partial charge in [0.25, 0.3) is 0 Å². The summed E-state index contributed by atoms with van der Waals surface area (Å²) in [7, 11) is 0. The molecule has 2 heterocycles. The summed E-state index contributed by atoms with van der Waals surface area (Å²) in [6.07, 6.45) is 5.26. The van der Waals surface area contributed by atoms with Gasteiger partial charge in [0, 0.05) is 24.2 Å². The van der Waals surface area contributed by atoms with Crippen LogP contribution in [0.5, 0.6) is 0 Å². The van der Waals surface area contributed by atoms with E-state index in [-0.39, 0.29) is 0 Å². The van der Waals surface area contributed by atoms with Gasteiger partial charge in [0.1, 0.15) is 5.82 Å². The van der Waals surface area contributed by atoms with Crippen LogP contribution >= 0.6 is 0 Å². The van der Waals surface area contributed by atoms with E-state index in [0.29, 0.717) is 5.70 Å². The van der Waals surface area contributed by atoms with Crippen molar-refractivity contribution in [2.24, 2.45) is 5.73 Å². The summed E-state index contributed by atoms with van der Waals surface area (Å²) in [5.74, 6) is 0.756. The Hall–Kier alpha value is -3.14. The van der Waals surface area contributed by atoms with E-state index in [1.54, 1.807) is 18.6 Å². The molecule has 0 spiro atoms. The summed E-state index contributed by atoms with van der Waals surface area (Å²) in [6, 6.07) is 19.5. The molecule has 0 aliphatic heterocycles. The SMILES string of the molecule is N/C(=C\Nc1ccccn1)c1cccc(-c2ccccn2)c1. The maximum atomic E-state index is 6.14. The predicted molar refractivity (Wildman–Crippen MR) is 89.7 cm³/mol. The number of nitrogens with one attached hydrogen (secondary N) is 1. The Balaban J connectivity index is 1.82. The zero-order valence-electron chi connectivity index (χ0n) is 12.0. The molecule has 108 valence electrons. The highest BCUT2D eigenvalue weighted by Gasteiger charge is 2.02. The van der Waals surface area contributed by atoms with E-state index in [1.807, 2.05) is 60.7 Å². The predicted octanol–water partition coefficient (Wildman–Crippen LogP) is 3.51. The average Bonchev–Trinajstić information content (AvgIpc) is 2.61. The van der Waals surface area contributed by atoms with Crippen LogP contribution in [0.4, 0.5) is 5.82 Å². The van der Waals surface area contributed by atoms with Crippen LogP contribution in [0.15, 0.2) is 79.3 Å². The van der Waals surface area contributed by atoms with Crippen LogP contribution in [0.1, 0.15) is 5.56 Å². The molecule has 0 radical (unpaired) electrons. The van der Waals surface area contributed by atoms with Crippen LogP contribution in [-0.2, 0) is 0 Å². The lowest BCUT2D eigenvalue weighted by molar-refractivity contribution is 1.30. The number of pyridine rings is 2. The van der Waals surface area contributed by atoms with E-state index >= 15 is 0 Å². The topological polar surface area (TPSA) is 63.8 Å². The van der Waals surface area contributed by atoms with Crippen LogP contribution in [0.3, 0.4) is 0 Å². The van der Waals surface area contributed by atoms with E-state index in [9.17, 15) is 0 Å². The molecule has 0 aliphatic rings. The summed E-state index contributed by atoms with van der Waals surface area (Å²) in [4.78, 5) is 8.55. The van der Waals surface area contributed by atoms with E-state index in [1.165, 1.54) is 0 Å². The Kier molecular flexibility index (Phi) is 4.11. The first-order valence-corrected chi connectivity index (χ1v) is 6.98. The quantitative estimate of drug-likeness (QED) is 0.771. The van der Waals surface area contributed by atoms with Crippen LogP contribution < -0.4 is 11.1 Å². The third-order valence-electron chi connectivity index (χ3n) is 3.20. The Morgan fingerprint density at radius 2 is 1.73 bits per heavy atom. The largest absolute Gasteiger partial charge is 0.397 e. The van der Waals surface area contributed by atoms with Gasteiger partial charge in [-0.1, -0.05) is 30.3 Å². The molecule has 3 N–H and O–H groups in total. The Morgan fingerprint density at radius 3 is 2.45 bits per heavy atom. The standard InChI is InChI=1S/C18H16N4/c19-16(13-22-18-9-2-4-11-21-18)14-6-5-7-15(12-14)17-8-1-3-10-20-17/h1-13H,19H2,(H,21,22)/b16-13-. The van der Waals surface area contributed by atoms with E-state index in [0.717, 1.165) is 22.6 Å². The van der Waals surface area contributed by atoms with Gasteiger partial charge in [-0.15, -0.1) is 0 Å². The second-order valence-corrected chi connectivity index (χ2v) is 4.75. The van der Waals surface area contributed by atoms with Crippen LogP contribution in [0.2, 0.25) is 0 Å². The van der Waals surface area contributed by atoms with Crippen molar-refractivity contribution < 1.29 is 0 Å². The van der Waals surface area contributed by atoms with E-state index in [2.05, 4.69) is 15.3 Å². The molecule has 3 rings (SSSR count). The molecular formula is C18H16N4. The lowest BCUT2D eigenvalue weighted by Gasteiger charge is -2.06. The molecule has 1 aromatic carbocycles. The van der Waals surface area contributed by atoms with Gasteiger partial charge in [0.15, 0.2) is 0 Å². The highest BCUT2D eigenvalue weighted by Crippen LogP contribution is 2.20. The molecule has 0 unspecified atom stereocenters. The molecule has 0 aliphatic carbocycles. The Morgan fingerprint density at radius 1 is 0.909 bits per heavy atom. The second kappa shape index (κ2) is 6.54. The third kappa shape index (κ3) is 3.30. The molecule has 22 heavy (non-hydrogen) atoms. The smallest absolute Gasteiger partial charge is 0.129 e. The van der Waals surface area contributed by atoms with Gasteiger partial charge in [-0.2, -0.15) is 0 Å². The third-order valence-corrected chi connectivity index (χ3v) is 3.20. The van der Waals surface area contributed by atoms with Crippen molar-refractivity contribution in [2.75, 3.05) is 5.32 Å². The minimum absolute atomic E-state index is 0.642. The number of benzene rings is 1. The summed E-state index contributed by atoms with van der Waals surface area (Å²) in [5.41, 5.74) is 9.68. The number of aromatic nitrogens is 2. The highest BCUT2D eigenvalue weighted by molar-refractivity contribution is 5.70. The Labute approximate surface area is 129 Å². The van der Waals surface area contributed by atoms with Gasteiger partial charge in [0.2, 0.25) is 0 Å². The van der Waals surface area contributed by atoms with Gasteiger partial charge in [-0.25, -0.2) is 4.98 Å². The van der Waals surface area contributed by atoms with Crippen molar-refractivity contribution in [3.05, 3.63) is 84.8 Å². The maximum Gasteiger partial charge on any atom is 0.129 e. The fraction of sp³-hybridized carbons (Fsp3) is 0. The molecule has 0 fully saturated rings. The van der Waals surface area contributed by atoms with Crippen molar-refractivity contribution in [3.63, 3.8) is 0 Å². The normalized spacial score (nSPS) is 11.2. The van der Waals surface area contributed by atoms with Crippen molar-refractivity contribution in [3.8, 4) is 11.3 Å². The fourth-order valence-corrected chi connectivity index (χ4v) is 2.07. The van der Waals surface area contributed by atoms with Crippen molar-refractivity contribution in [2.45, 2.75) is 0 Å². The van der Waals surface area contributed by atoms with E-state index < -0.39 is 0 Å². The summed E-state index contributed by atoms with van der Waals surface area (Å²) in [6.45, 7) is 0. The number of anilines is 1. The molecular weight excluding hydrogens is 272 g/mol. The number of nitrogens with zero attached hydrogens (tertiary/aromatic N) is 2. The van der Waals surface area contributed by atoms with Crippen LogP contribution in [-0.4, -0.2) is 9.97 Å². The monoisotopic (exact) mass is 288 g/mol. The molecule has 3 aromatic rings. The highest BCUT2D eigenvalue weighted by atomic mass is 15.0. The molecule has 4 nitrogen and oxygen atoms in total. The first kappa shape index (κ1) is 13.8. The fourth-order valence-electron chi connectivity index (χ4n) is 2.07. The number of hydrogen-bond acceptors (Lipinski definition) is 4. The van der Waals surface area contributed by atoms with Gasteiger partial charge in [-0.3, -0.25) is 4.98 Å². The Bertz CT molecular complexity index is 767. The lowest BCUT2D eigenvalue weighted by atomic mass is 10.1. The minimum atomic E-state index is 0.642. The van der Waals surface area contributed by atoms with Crippen LogP contribution in [0.25, 0.3) is 17.0 Å². The second-order valence-electron chi connectivity index (χ2n) is 4.75. The lowest BCUT2D eigenvalue weighted by Crippen LogP contribution is -2.01. The van der Waals surface area contributed by atoms with E-state index in [4.69, 9.17) is 5.73 Å². The molecule has 0 amide bonds. The molecule has 2 aromatic heterocycles. The molecule has 0 saturated heterocycles.